The summed E-state index contributed by atoms with van der Waals surface area (Å²) in [6.45, 7) is 1.58. The lowest BCUT2D eigenvalue weighted by Crippen LogP contribution is -2.77. The van der Waals surface area contributed by atoms with Gasteiger partial charge in [0.25, 0.3) is 5.72 Å². The molecule has 1 saturated heterocycles. The number of ether oxygens (including phenoxy) is 4. The van der Waals surface area contributed by atoms with Crippen LogP contribution in [-0.4, -0.2) is 66.8 Å². The lowest BCUT2D eigenvalue weighted by atomic mass is 9.75. The number of nitrogens with zero attached hydrogens (tertiary/aromatic N) is 1. The molecule has 1 aliphatic carbocycles. The molecule has 3 heterocycles. The fraction of sp³-hybridized carbons (Fsp3) is 0.364. The van der Waals surface area contributed by atoms with Crippen molar-refractivity contribution < 1.29 is 38.1 Å². The highest BCUT2D eigenvalue weighted by molar-refractivity contribution is 6.31. The van der Waals surface area contributed by atoms with Gasteiger partial charge in [-0.05, 0) is 11.6 Å². The van der Waals surface area contributed by atoms with Gasteiger partial charge in [0.15, 0.2) is 6.10 Å². The molecule has 4 aliphatic rings. The van der Waals surface area contributed by atoms with Crippen LogP contribution in [0.25, 0.3) is 0 Å². The van der Waals surface area contributed by atoms with Crippen molar-refractivity contribution in [3.8, 4) is 0 Å². The van der Waals surface area contributed by atoms with Crippen LogP contribution < -0.4 is 5.32 Å². The zero-order valence-corrected chi connectivity index (χ0v) is 18.0. The number of halogens is 1. The van der Waals surface area contributed by atoms with Gasteiger partial charge in [-0.1, -0.05) is 23.7 Å². The summed E-state index contributed by atoms with van der Waals surface area (Å²) in [5.41, 5.74) is -1.38. The smallest absolute Gasteiger partial charge is 0.344 e. The number of carbonyl (C=O) groups excluding carboxylic acids is 4. The third kappa shape index (κ3) is 3.33. The Balaban J connectivity index is 1.85. The van der Waals surface area contributed by atoms with Crippen LogP contribution in [0.15, 0.2) is 42.5 Å². The number of esters is 4. The Hall–Kier alpha value is -3.21. The number of benzene rings is 1. The second kappa shape index (κ2) is 7.98. The quantitative estimate of drug-likeness (QED) is 0.450. The van der Waals surface area contributed by atoms with Crippen molar-refractivity contribution in [3.05, 3.63) is 58.7 Å². The Kier molecular flexibility index (Phi) is 5.23. The molecule has 0 radical (unpaired) electrons. The van der Waals surface area contributed by atoms with Crippen molar-refractivity contribution in [3.63, 3.8) is 0 Å². The first-order valence-electron chi connectivity index (χ1n) is 10.3. The molecule has 0 aromatic heterocycles. The maximum Gasteiger partial charge on any atom is 0.344 e. The zero-order chi connectivity index (χ0) is 23.2. The van der Waals surface area contributed by atoms with Crippen molar-refractivity contribution in [1.82, 2.24) is 10.2 Å². The summed E-state index contributed by atoms with van der Waals surface area (Å²) in [4.78, 5) is 52.6. The normalized spacial score (nSPS) is 29.9. The summed E-state index contributed by atoms with van der Waals surface area (Å²) in [5.74, 6) is -5.86. The van der Waals surface area contributed by atoms with E-state index in [9.17, 15) is 19.2 Å². The van der Waals surface area contributed by atoms with Crippen LogP contribution in [0.1, 0.15) is 11.1 Å². The van der Waals surface area contributed by atoms with E-state index in [1.54, 1.807) is 23.1 Å². The first kappa shape index (κ1) is 21.6. The summed E-state index contributed by atoms with van der Waals surface area (Å²) in [6.07, 6.45) is 2.57. The topological polar surface area (TPSA) is 120 Å². The van der Waals surface area contributed by atoms with Gasteiger partial charge in [-0.25, -0.2) is 19.2 Å². The minimum Gasteiger partial charge on any atom is -0.453 e. The van der Waals surface area contributed by atoms with Gasteiger partial charge >= 0.3 is 29.7 Å². The number of carbonyl (C=O) groups is 4. The molecule has 10 nitrogen and oxygen atoms in total. The van der Waals surface area contributed by atoms with Crippen LogP contribution in [0.4, 0.5) is 0 Å². The van der Waals surface area contributed by atoms with Crippen LogP contribution in [-0.2, 0) is 50.3 Å². The number of hydrogen-bond acceptors (Lipinski definition) is 10. The average Bonchev–Trinajstić information content (AvgIpc) is 2.93. The van der Waals surface area contributed by atoms with Gasteiger partial charge in [0, 0.05) is 56.9 Å². The molecule has 3 aliphatic heterocycles. The van der Waals surface area contributed by atoms with Gasteiger partial charge in [-0.2, -0.15) is 0 Å². The molecule has 0 saturated carbocycles. The second-order valence-electron chi connectivity index (χ2n) is 7.88. The van der Waals surface area contributed by atoms with E-state index in [0.29, 0.717) is 31.7 Å². The van der Waals surface area contributed by atoms with Crippen LogP contribution in [0.2, 0.25) is 5.02 Å². The maximum atomic E-state index is 12.9. The Morgan fingerprint density at radius 3 is 2.15 bits per heavy atom. The molecule has 33 heavy (non-hydrogen) atoms. The third-order valence-electron chi connectivity index (χ3n) is 6.04. The third-order valence-corrected chi connectivity index (χ3v) is 6.36. The van der Waals surface area contributed by atoms with Crippen LogP contribution >= 0.6 is 11.6 Å². The van der Waals surface area contributed by atoms with E-state index in [1.165, 1.54) is 0 Å². The van der Waals surface area contributed by atoms with Gasteiger partial charge in [0.2, 0.25) is 0 Å². The fourth-order valence-electron chi connectivity index (χ4n) is 4.82. The number of piperazine rings is 1. The molecule has 172 valence electrons. The summed E-state index contributed by atoms with van der Waals surface area (Å²) in [6, 6.07) is 4.90. The summed E-state index contributed by atoms with van der Waals surface area (Å²) < 4.78 is 23.3. The van der Waals surface area contributed by atoms with Crippen molar-refractivity contribution in [2.75, 3.05) is 26.2 Å². The Morgan fingerprint density at radius 2 is 1.48 bits per heavy atom. The van der Waals surface area contributed by atoms with E-state index in [0.717, 1.165) is 24.3 Å². The summed E-state index contributed by atoms with van der Waals surface area (Å²) in [7, 11) is 0. The molecule has 2 unspecified atom stereocenters. The van der Waals surface area contributed by atoms with Gasteiger partial charge in [0.1, 0.15) is 0 Å². The molecule has 1 spiro atoms. The molecule has 2 atom stereocenters. The lowest BCUT2D eigenvalue weighted by Gasteiger charge is -2.57. The van der Waals surface area contributed by atoms with E-state index < -0.39 is 41.5 Å². The number of rotatable bonds is 1. The highest BCUT2D eigenvalue weighted by Crippen LogP contribution is 2.54. The SMILES string of the molecule is O=C1C=CC(=O)OC2(O1)c1c(Cl)cccc1CC1OC(=O)/C=C\C(=O)OC12N1CCNCC1. The van der Waals surface area contributed by atoms with Gasteiger partial charge in [0.05, 0.1) is 10.6 Å². The zero-order valence-electron chi connectivity index (χ0n) is 17.2. The van der Waals surface area contributed by atoms with E-state index in [1.807, 2.05) is 0 Å². The first-order chi connectivity index (χ1) is 15.9. The van der Waals surface area contributed by atoms with E-state index in [-0.39, 0.29) is 17.0 Å². The van der Waals surface area contributed by atoms with E-state index in [4.69, 9.17) is 30.5 Å². The highest BCUT2D eigenvalue weighted by atomic mass is 35.5. The minimum absolute atomic E-state index is 0.0664. The predicted molar refractivity (Wildman–Crippen MR) is 110 cm³/mol. The van der Waals surface area contributed by atoms with Crippen molar-refractivity contribution >= 4 is 35.5 Å². The molecular weight excluding hydrogens is 456 g/mol. The summed E-state index contributed by atoms with van der Waals surface area (Å²) in [5, 5.41) is 3.32. The predicted octanol–water partition coefficient (Wildman–Crippen LogP) is 0.331. The van der Waals surface area contributed by atoms with Gasteiger partial charge in [-0.15, -0.1) is 0 Å². The number of hydrogen-bond donors (Lipinski definition) is 1. The van der Waals surface area contributed by atoms with Crippen LogP contribution in [0.3, 0.4) is 0 Å². The molecule has 1 fully saturated rings. The molecule has 11 heteroatoms. The summed E-state index contributed by atoms with van der Waals surface area (Å²) >= 11 is 6.59. The van der Waals surface area contributed by atoms with Crippen molar-refractivity contribution in [2.45, 2.75) is 24.0 Å². The van der Waals surface area contributed by atoms with Crippen molar-refractivity contribution in [2.24, 2.45) is 0 Å². The second-order valence-corrected chi connectivity index (χ2v) is 8.29. The Labute approximate surface area is 193 Å². The molecule has 5 rings (SSSR count). The monoisotopic (exact) mass is 474 g/mol. The molecule has 1 aromatic rings. The van der Waals surface area contributed by atoms with Crippen LogP contribution in [0, 0.1) is 0 Å². The molecule has 1 N–H and O–H groups in total. The van der Waals surface area contributed by atoms with E-state index in [2.05, 4.69) is 5.32 Å². The minimum atomic E-state index is -2.35. The number of fused-ring (bicyclic) bond motifs is 4. The van der Waals surface area contributed by atoms with Crippen LogP contribution in [0.5, 0.6) is 0 Å². The average molecular weight is 475 g/mol. The van der Waals surface area contributed by atoms with Gasteiger partial charge in [-0.3, -0.25) is 4.90 Å². The largest absolute Gasteiger partial charge is 0.453 e. The first-order valence-corrected chi connectivity index (χ1v) is 10.7. The van der Waals surface area contributed by atoms with E-state index >= 15 is 0 Å². The Morgan fingerprint density at radius 1 is 0.879 bits per heavy atom. The van der Waals surface area contributed by atoms with Crippen molar-refractivity contribution in [1.29, 1.82) is 0 Å². The molecule has 0 bridgehead atoms. The number of nitrogens with one attached hydrogen (secondary N) is 1. The highest BCUT2D eigenvalue weighted by Gasteiger charge is 2.74. The standard InChI is InChI=1S/C22H19ClN2O8/c23-14-3-1-2-13-12-15-21(25-10-8-24-9-11-25,31-17(27)5-4-16(26)30-15)22(20(13)14)32-18(28)6-7-19(29)33-22/h1-7,15,24H,8-12H2/b5-4-. The maximum absolute atomic E-state index is 12.9. The lowest BCUT2D eigenvalue weighted by molar-refractivity contribution is -0.369. The fourth-order valence-corrected chi connectivity index (χ4v) is 5.14. The molecular formula is C22H19ClN2O8. The Bertz CT molecular complexity index is 1090. The molecule has 1 aromatic carbocycles. The van der Waals surface area contributed by atoms with Gasteiger partial charge < -0.3 is 24.3 Å². The molecule has 0 amide bonds.